The lowest BCUT2D eigenvalue weighted by atomic mass is 10.00. The molecule has 0 saturated heterocycles. The normalized spacial score (nSPS) is 14.0. The maximum absolute atomic E-state index is 11.3. The summed E-state index contributed by atoms with van der Waals surface area (Å²) in [5.41, 5.74) is 3.33. The van der Waals surface area contributed by atoms with Crippen LogP contribution in [0.3, 0.4) is 0 Å². The second-order valence-electron chi connectivity index (χ2n) is 7.29. The van der Waals surface area contributed by atoms with Gasteiger partial charge in [0.15, 0.2) is 5.78 Å². The van der Waals surface area contributed by atoms with Crippen molar-refractivity contribution in [2.45, 2.75) is 45.6 Å². The fraction of sp³-hybridized carbons (Fsp3) is 0.435. The van der Waals surface area contributed by atoms with Crippen molar-refractivity contribution in [2.75, 3.05) is 19.7 Å². The number of carbonyl (C=O) groups excluding carboxylic acids is 1. The molecular weight excluding hydrogens is 338 g/mol. The number of fused-ring (bicyclic) bond motifs is 1. The summed E-state index contributed by atoms with van der Waals surface area (Å²) in [5, 5.41) is 9.81. The van der Waals surface area contributed by atoms with Gasteiger partial charge in [0, 0.05) is 19.2 Å². The first-order valence-electron chi connectivity index (χ1n) is 9.89. The number of aromatic hydroxyl groups is 1. The highest BCUT2D eigenvalue weighted by molar-refractivity contribution is 5.96. The van der Waals surface area contributed by atoms with E-state index in [2.05, 4.69) is 29.2 Å². The monoisotopic (exact) mass is 367 g/mol. The van der Waals surface area contributed by atoms with Crippen molar-refractivity contribution in [2.24, 2.45) is 0 Å². The van der Waals surface area contributed by atoms with E-state index < -0.39 is 0 Å². The molecule has 0 bridgehead atoms. The van der Waals surface area contributed by atoms with Gasteiger partial charge in [0.05, 0.1) is 12.2 Å². The van der Waals surface area contributed by atoms with Gasteiger partial charge in [0.25, 0.3) is 0 Å². The van der Waals surface area contributed by atoms with Gasteiger partial charge in [-0.15, -0.1) is 0 Å². The van der Waals surface area contributed by atoms with E-state index in [9.17, 15) is 9.90 Å². The Kier molecular flexibility index (Phi) is 6.88. The zero-order chi connectivity index (χ0) is 19.1. The number of rotatable bonds is 9. The van der Waals surface area contributed by atoms with E-state index in [1.807, 2.05) is 0 Å². The van der Waals surface area contributed by atoms with Gasteiger partial charge in [-0.2, -0.15) is 0 Å². The van der Waals surface area contributed by atoms with Gasteiger partial charge < -0.3 is 9.84 Å². The lowest BCUT2D eigenvalue weighted by Gasteiger charge is -2.28. The molecule has 3 rings (SSSR count). The Hall–Kier alpha value is -2.33. The summed E-state index contributed by atoms with van der Waals surface area (Å²) in [7, 11) is 0. The second kappa shape index (κ2) is 9.56. The number of benzene rings is 2. The topological polar surface area (TPSA) is 49.8 Å². The number of Topliss-reactive ketones (excluding diaryl/α,β-unsaturated/α-hetero) is 1. The first-order chi connectivity index (χ1) is 13.1. The van der Waals surface area contributed by atoms with E-state index in [1.165, 1.54) is 49.9 Å². The molecule has 1 aliphatic heterocycles. The summed E-state index contributed by atoms with van der Waals surface area (Å²) in [4.78, 5) is 13.9. The van der Waals surface area contributed by atoms with Crippen LogP contribution in [0.15, 0.2) is 42.5 Å². The molecule has 0 saturated carbocycles. The minimum atomic E-state index is -0.142. The highest BCUT2D eigenvalue weighted by Crippen LogP contribution is 2.24. The van der Waals surface area contributed by atoms with E-state index >= 15 is 0 Å². The van der Waals surface area contributed by atoms with Crippen LogP contribution in [-0.4, -0.2) is 35.5 Å². The minimum absolute atomic E-state index is 0.0110. The Balaban J connectivity index is 1.28. The van der Waals surface area contributed by atoms with Gasteiger partial charge in [-0.05, 0) is 56.0 Å². The third-order valence-electron chi connectivity index (χ3n) is 5.20. The Labute approximate surface area is 161 Å². The first-order valence-corrected chi connectivity index (χ1v) is 9.89. The van der Waals surface area contributed by atoms with Gasteiger partial charge in [0.1, 0.15) is 11.5 Å². The molecule has 0 atom stereocenters. The molecule has 0 fully saturated rings. The predicted octanol–water partition coefficient (Wildman–Crippen LogP) is 4.59. The van der Waals surface area contributed by atoms with Crippen molar-refractivity contribution in [3.05, 3.63) is 59.2 Å². The number of phenolic OH excluding ortho intramolecular Hbond substituents is 1. The van der Waals surface area contributed by atoms with Crippen LogP contribution in [0.4, 0.5) is 0 Å². The van der Waals surface area contributed by atoms with Crippen molar-refractivity contribution in [1.82, 2.24) is 4.90 Å². The Morgan fingerprint density at radius 1 is 1.07 bits per heavy atom. The van der Waals surface area contributed by atoms with Crippen molar-refractivity contribution in [1.29, 1.82) is 0 Å². The number of phenols is 1. The quantitative estimate of drug-likeness (QED) is 0.520. The lowest BCUT2D eigenvalue weighted by molar-refractivity contribution is 0.101. The zero-order valence-electron chi connectivity index (χ0n) is 16.1. The molecule has 2 aromatic carbocycles. The van der Waals surface area contributed by atoms with Crippen LogP contribution >= 0.6 is 0 Å². The molecule has 0 aliphatic carbocycles. The molecule has 4 heteroatoms. The fourth-order valence-corrected chi connectivity index (χ4v) is 3.63. The van der Waals surface area contributed by atoms with Gasteiger partial charge in [0.2, 0.25) is 0 Å². The van der Waals surface area contributed by atoms with Crippen LogP contribution in [0, 0.1) is 0 Å². The number of carbonyl (C=O) groups is 1. The number of ketones is 1. The molecule has 1 heterocycles. The molecule has 1 aliphatic rings. The SMILES string of the molecule is CC(=O)c1ccc(OCCCCCCN2CCc3ccccc3C2)cc1O. The van der Waals surface area contributed by atoms with Crippen LogP contribution in [0.1, 0.15) is 54.1 Å². The van der Waals surface area contributed by atoms with Crippen molar-refractivity contribution in [3.63, 3.8) is 0 Å². The van der Waals surface area contributed by atoms with Gasteiger partial charge in [-0.3, -0.25) is 9.69 Å². The molecule has 0 unspecified atom stereocenters. The van der Waals surface area contributed by atoms with E-state index in [1.54, 1.807) is 12.1 Å². The van der Waals surface area contributed by atoms with Crippen molar-refractivity contribution >= 4 is 5.78 Å². The average Bonchev–Trinajstić information content (AvgIpc) is 2.67. The largest absolute Gasteiger partial charge is 0.507 e. The van der Waals surface area contributed by atoms with Gasteiger partial charge >= 0.3 is 0 Å². The standard InChI is InChI=1S/C23H29NO3/c1-18(25)22-11-10-21(16-23(22)26)27-15-7-3-2-6-13-24-14-12-19-8-4-5-9-20(19)17-24/h4-5,8-11,16,26H,2-3,6-7,12-15,17H2,1H3. The van der Waals surface area contributed by atoms with E-state index in [0.717, 1.165) is 25.9 Å². The molecular formula is C23H29NO3. The first kappa shape index (κ1) is 19.4. The van der Waals surface area contributed by atoms with Crippen LogP contribution in [0.25, 0.3) is 0 Å². The summed E-state index contributed by atoms with van der Waals surface area (Å²) in [5.74, 6) is 0.462. The predicted molar refractivity (Wildman–Crippen MR) is 107 cm³/mol. The summed E-state index contributed by atoms with van der Waals surface area (Å²) in [6.45, 7) is 5.49. The third kappa shape index (κ3) is 5.57. The van der Waals surface area contributed by atoms with Crippen LogP contribution in [0.2, 0.25) is 0 Å². The summed E-state index contributed by atoms with van der Waals surface area (Å²) in [6.07, 6.45) is 5.73. The second-order valence-corrected chi connectivity index (χ2v) is 7.29. The molecule has 2 aromatic rings. The van der Waals surface area contributed by atoms with Crippen LogP contribution in [0.5, 0.6) is 11.5 Å². The molecule has 27 heavy (non-hydrogen) atoms. The van der Waals surface area contributed by atoms with Crippen LogP contribution in [-0.2, 0) is 13.0 Å². The van der Waals surface area contributed by atoms with Crippen LogP contribution < -0.4 is 4.74 Å². The molecule has 0 amide bonds. The summed E-state index contributed by atoms with van der Waals surface area (Å²) >= 11 is 0. The van der Waals surface area contributed by atoms with Crippen molar-refractivity contribution in [3.8, 4) is 11.5 Å². The number of hydrogen-bond donors (Lipinski definition) is 1. The van der Waals surface area contributed by atoms with Gasteiger partial charge in [-0.25, -0.2) is 0 Å². The van der Waals surface area contributed by atoms with E-state index in [-0.39, 0.29) is 11.5 Å². The van der Waals surface area contributed by atoms with E-state index in [0.29, 0.717) is 17.9 Å². The smallest absolute Gasteiger partial charge is 0.163 e. The highest BCUT2D eigenvalue weighted by atomic mass is 16.5. The maximum atomic E-state index is 11.3. The Morgan fingerprint density at radius 3 is 2.63 bits per heavy atom. The number of nitrogens with zero attached hydrogens (tertiary/aromatic N) is 1. The summed E-state index contributed by atoms with van der Waals surface area (Å²) < 4.78 is 5.68. The molecule has 144 valence electrons. The van der Waals surface area contributed by atoms with Gasteiger partial charge in [-0.1, -0.05) is 37.1 Å². The number of ether oxygens (including phenoxy) is 1. The molecule has 0 radical (unpaired) electrons. The van der Waals surface area contributed by atoms with Crippen molar-refractivity contribution < 1.29 is 14.6 Å². The molecule has 0 spiro atoms. The molecule has 0 aromatic heterocycles. The zero-order valence-corrected chi connectivity index (χ0v) is 16.1. The Morgan fingerprint density at radius 2 is 1.85 bits per heavy atom. The van der Waals surface area contributed by atoms with E-state index in [4.69, 9.17) is 4.74 Å². The Bertz CT molecular complexity index is 772. The summed E-state index contributed by atoms with van der Waals surface area (Å²) in [6, 6.07) is 13.6. The number of unbranched alkanes of at least 4 members (excludes halogenated alkanes) is 3. The highest BCUT2D eigenvalue weighted by Gasteiger charge is 2.14. The molecule has 4 nitrogen and oxygen atoms in total. The fourth-order valence-electron chi connectivity index (χ4n) is 3.63. The average molecular weight is 367 g/mol. The lowest BCUT2D eigenvalue weighted by Crippen LogP contribution is -2.31. The minimum Gasteiger partial charge on any atom is -0.507 e. The maximum Gasteiger partial charge on any atom is 0.163 e. The third-order valence-corrected chi connectivity index (χ3v) is 5.20. The molecule has 1 N–H and O–H groups in total. The number of hydrogen-bond acceptors (Lipinski definition) is 4.